The Morgan fingerprint density at radius 2 is 1.90 bits per heavy atom. The van der Waals surface area contributed by atoms with Crippen molar-refractivity contribution in [2.45, 2.75) is 46.0 Å². The molecular formula is C12H16F3N3O2. The molecule has 8 heteroatoms. The van der Waals surface area contributed by atoms with Crippen molar-refractivity contribution >= 4 is 6.09 Å². The second-order valence-electron chi connectivity index (χ2n) is 5.18. The normalized spacial score (nSPS) is 12.2. The summed E-state index contributed by atoms with van der Waals surface area (Å²) in [7, 11) is 0. The number of carbonyl (C=O) groups is 1. The van der Waals surface area contributed by atoms with Crippen LogP contribution in [0.3, 0.4) is 0 Å². The van der Waals surface area contributed by atoms with E-state index in [0.717, 1.165) is 0 Å². The van der Waals surface area contributed by atoms with Crippen LogP contribution in [0.5, 0.6) is 0 Å². The van der Waals surface area contributed by atoms with Crippen molar-refractivity contribution in [2.75, 3.05) is 0 Å². The van der Waals surface area contributed by atoms with E-state index in [-0.39, 0.29) is 17.9 Å². The molecule has 1 N–H and O–H groups in total. The second kappa shape index (κ2) is 5.64. The molecule has 0 aliphatic carbocycles. The predicted molar refractivity (Wildman–Crippen MR) is 64.8 cm³/mol. The highest BCUT2D eigenvalue weighted by Gasteiger charge is 2.35. The van der Waals surface area contributed by atoms with Gasteiger partial charge in [0.15, 0.2) is 0 Å². The molecular weight excluding hydrogens is 275 g/mol. The van der Waals surface area contributed by atoms with Gasteiger partial charge in [-0.15, -0.1) is 0 Å². The van der Waals surface area contributed by atoms with E-state index in [1.165, 1.54) is 13.0 Å². The molecule has 0 saturated carbocycles. The van der Waals surface area contributed by atoms with Crippen LogP contribution in [0.4, 0.5) is 18.0 Å². The Hall–Kier alpha value is -1.86. The fraction of sp³-hybridized carbons (Fsp3) is 0.583. The maximum atomic E-state index is 12.5. The van der Waals surface area contributed by atoms with Crippen LogP contribution in [0.1, 0.15) is 38.0 Å². The van der Waals surface area contributed by atoms with Crippen LogP contribution in [0, 0.1) is 6.92 Å². The highest BCUT2D eigenvalue weighted by Crippen LogP contribution is 2.26. The third kappa shape index (κ3) is 5.41. The molecule has 0 aliphatic heterocycles. The van der Waals surface area contributed by atoms with E-state index in [9.17, 15) is 18.0 Å². The molecule has 20 heavy (non-hydrogen) atoms. The Labute approximate surface area is 114 Å². The van der Waals surface area contributed by atoms with Crippen molar-refractivity contribution in [3.05, 3.63) is 23.3 Å². The minimum absolute atomic E-state index is 0.0654. The molecule has 0 spiro atoms. The first-order chi connectivity index (χ1) is 8.97. The lowest BCUT2D eigenvalue weighted by atomic mass is 10.2. The van der Waals surface area contributed by atoms with Gasteiger partial charge in [-0.05, 0) is 33.8 Å². The third-order valence-electron chi connectivity index (χ3n) is 1.97. The van der Waals surface area contributed by atoms with Crippen molar-refractivity contribution in [1.29, 1.82) is 0 Å². The summed E-state index contributed by atoms with van der Waals surface area (Å²) in [5.41, 5.74) is -0.438. The van der Waals surface area contributed by atoms with Crippen LogP contribution >= 0.6 is 0 Å². The molecule has 0 radical (unpaired) electrons. The lowest BCUT2D eigenvalue weighted by Gasteiger charge is -2.19. The zero-order chi connectivity index (χ0) is 15.6. The van der Waals surface area contributed by atoms with E-state index in [0.29, 0.717) is 0 Å². The Balaban J connectivity index is 2.74. The van der Waals surface area contributed by atoms with Gasteiger partial charge in [-0.25, -0.2) is 14.8 Å². The number of alkyl halides is 3. The topological polar surface area (TPSA) is 64.1 Å². The van der Waals surface area contributed by atoms with E-state index in [1.54, 1.807) is 20.8 Å². The van der Waals surface area contributed by atoms with E-state index < -0.39 is 23.7 Å². The van der Waals surface area contributed by atoms with E-state index in [1.807, 2.05) is 0 Å². The van der Waals surface area contributed by atoms with Gasteiger partial charge in [0, 0.05) is 5.69 Å². The molecule has 1 amide bonds. The highest BCUT2D eigenvalue weighted by molar-refractivity contribution is 5.67. The Morgan fingerprint density at radius 1 is 1.30 bits per heavy atom. The van der Waals surface area contributed by atoms with E-state index in [4.69, 9.17) is 4.74 Å². The summed E-state index contributed by atoms with van der Waals surface area (Å²) in [6.45, 7) is 6.31. The van der Waals surface area contributed by atoms with Gasteiger partial charge in [0.25, 0.3) is 0 Å². The molecule has 5 nitrogen and oxygen atoms in total. The number of ether oxygens (including phenoxy) is 1. The van der Waals surface area contributed by atoms with Crippen molar-refractivity contribution in [2.24, 2.45) is 0 Å². The van der Waals surface area contributed by atoms with Gasteiger partial charge in [0.1, 0.15) is 5.60 Å². The first-order valence-electron chi connectivity index (χ1n) is 5.86. The Morgan fingerprint density at radius 3 is 2.40 bits per heavy atom. The second-order valence-corrected chi connectivity index (χ2v) is 5.18. The van der Waals surface area contributed by atoms with Crippen LogP contribution < -0.4 is 5.32 Å². The standard InChI is InChI=1S/C12H16F3N3O2/c1-7-5-8(18-9(17-7)12(13,14)15)6-16-10(19)20-11(2,3)4/h5H,6H2,1-4H3,(H,16,19). The fourth-order valence-corrected chi connectivity index (χ4v) is 1.33. The average molecular weight is 291 g/mol. The number of alkyl carbamates (subject to hydrolysis) is 1. The molecule has 1 heterocycles. The number of aryl methyl sites for hydroxylation is 1. The number of halogens is 3. The molecule has 112 valence electrons. The number of hydrogen-bond donors (Lipinski definition) is 1. The van der Waals surface area contributed by atoms with Gasteiger partial charge in [0.2, 0.25) is 5.82 Å². The fourth-order valence-electron chi connectivity index (χ4n) is 1.33. The molecule has 0 aromatic carbocycles. The van der Waals surface area contributed by atoms with Crippen molar-refractivity contribution in [1.82, 2.24) is 15.3 Å². The van der Waals surface area contributed by atoms with Gasteiger partial charge in [0.05, 0.1) is 12.2 Å². The Bertz CT molecular complexity index is 496. The molecule has 0 unspecified atom stereocenters. The summed E-state index contributed by atoms with van der Waals surface area (Å²) < 4.78 is 42.6. The van der Waals surface area contributed by atoms with Gasteiger partial charge >= 0.3 is 12.3 Å². The van der Waals surface area contributed by atoms with Gasteiger partial charge in [-0.3, -0.25) is 0 Å². The number of amides is 1. The first kappa shape index (κ1) is 16.2. The zero-order valence-electron chi connectivity index (χ0n) is 11.6. The van der Waals surface area contributed by atoms with Crippen LogP contribution in [0.15, 0.2) is 6.07 Å². The van der Waals surface area contributed by atoms with Crippen LogP contribution in [-0.4, -0.2) is 21.7 Å². The lowest BCUT2D eigenvalue weighted by molar-refractivity contribution is -0.145. The summed E-state index contributed by atoms with van der Waals surface area (Å²) in [5, 5.41) is 2.34. The van der Waals surface area contributed by atoms with Crippen LogP contribution in [0.25, 0.3) is 0 Å². The third-order valence-corrected chi connectivity index (χ3v) is 1.97. The molecule has 1 aromatic heterocycles. The smallest absolute Gasteiger partial charge is 0.444 e. The summed E-state index contributed by atoms with van der Waals surface area (Å²) in [4.78, 5) is 18.1. The molecule has 0 bridgehead atoms. The van der Waals surface area contributed by atoms with Crippen molar-refractivity contribution < 1.29 is 22.7 Å². The number of aromatic nitrogens is 2. The zero-order valence-corrected chi connectivity index (χ0v) is 11.6. The summed E-state index contributed by atoms with van der Waals surface area (Å²) in [6, 6.07) is 1.37. The minimum Gasteiger partial charge on any atom is -0.444 e. The number of rotatable bonds is 2. The SMILES string of the molecule is Cc1cc(CNC(=O)OC(C)(C)C)nc(C(F)(F)F)n1. The molecule has 0 saturated heterocycles. The van der Waals surface area contributed by atoms with E-state index >= 15 is 0 Å². The molecule has 1 aromatic rings. The van der Waals surface area contributed by atoms with Crippen LogP contribution in [-0.2, 0) is 17.5 Å². The molecule has 0 atom stereocenters. The molecule has 0 aliphatic rings. The van der Waals surface area contributed by atoms with Gasteiger partial charge in [-0.2, -0.15) is 13.2 Å². The number of nitrogens with zero attached hydrogens (tertiary/aromatic N) is 2. The van der Waals surface area contributed by atoms with Crippen molar-refractivity contribution in [3.8, 4) is 0 Å². The number of hydrogen-bond acceptors (Lipinski definition) is 4. The quantitative estimate of drug-likeness (QED) is 0.910. The Kier molecular flexibility index (Phi) is 4.57. The van der Waals surface area contributed by atoms with Crippen molar-refractivity contribution in [3.63, 3.8) is 0 Å². The van der Waals surface area contributed by atoms with Crippen LogP contribution in [0.2, 0.25) is 0 Å². The summed E-state index contributed by atoms with van der Waals surface area (Å²) in [5.74, 6) is -1.22. The maximum Gasteiger partial charge on any atom is 0.451 e. The molecule has 1 rings (SSSR count). The number of carbonyl (C=O) groups excluding carboxylic acids is 1. The summed E-state index contributed by atoms with van der Waals surface area (Å²) >= 11 is 0. The van der Waals surface area contributed by atoms with Gasteiger partial charge in [-0.1, -0.05) is 0 Å². The monoisotopic (exact) mass is 291 g/mol. The number of nitrogens with one attached hydrogen (secondary N) is 1. The minimum atomic E-state index is -4.62. The largest absolute Gasteiger partial charge is 0.451 e. The van der Waals surface area contributed by atoms with E-state index in [2.05, 4.69) is 15.3 Å². The average Bonchev–Trinajstić information content (AvgIpc) is 2.22. The predicted octanol–water partition coefficient (Wildman–Crippen LogP) is 2.83. The molecule has 0 fully saturated rings. The highest BCUT2D eigenvalue weighted by atomic mass is 19.4. The lowest BCUT2D eigenvalue weighted by Crippen LogP contribution is -2.32. The first-order valence-corrected chi connectivity index (χ1v) is 5.86. The maximum absolute atomic E-state index is 12.5. The van der Waals surface area contributed by atoms with Gasteiger partial charge < -0.3 is 10.1 Å². The summed E-state index contributed by atoms with van der Waals surface area (Å²) in [6.07, 6.45) is -5.34.